The lowest BCUT2D eigenvalue weighted by molar-refractivity contribution is 0.385. The predicted molar refractivity (Wildman–Crippen MR) is 83.6 cm³/mol. The molecule has 1 nitrogen and oxygen atoms in total. The molecule has 0 amide bonds. The Labute approximate surface area is 123 Å². The molecule has 0 radical (unpaired) electrons. The first kappa shape index (κ1) is 12.9. The van der Waals surface area contributed by atoms with E-state index in [1.54, 1.807) is 6.42 Å². The van der Waals surface area contributed by atoms with Crippen molar-refractivity contribution in [2.24, 2.45) is 29.6 Å². The van der Waals surface area contributed by atoms with Crippen LogP contribution in [0.5, 0.6) is 0 Å². The molecular weight excluding hydrogens is 242 g/mol. The summed E-state index contributed by atoms with van der Waals surface area (Å²) < 4.78 is 0. The Morgan fingerprint density at radius 2 is 1.50 bits per heavy atom. The normalized spacial score (nSPS) is 39.1. The van der Waals surface area contributed by atoms with Crippen LogP contribution in [-0.4, -0.2) is 7.05 Å². The number of nitrogens with one attached hydrogen (secondary N) is 1. The van der Waals surface area contributed by atoms with Crippen LogP contribution in [0.1, 0.15) is 56.2 Å². The smallest absolute Gasteiger partial charge is 0.0351 e. The second kappa shape index (κ2) is 4.59. The third-order valence-corrected chi connectivity index (χ3v) is 6.45. The first-order valence-electron chi connectivity index (χ1n) is 8.48. The summed E-state index contributed by atoms with van der Waals surface area (Å²) in [5.74, 6) is 5.80. The van der Waals surface area contributed by atoms with Gasteiger partial charge in [0.25, 0.3) is 0 Å². The Morgan fingerprint density at radius 3 is 2.00 bits per heavy atom. The summed E-state index contributed by atoms with van der Waals surface area (Å²) in [7, 11) is 2.15. The Balaban J connectivity index is 1.54. The van der Waals surface area contributed by atoms with Crippen LogP contribution in [-0.2, 0) is 0 Å². The highest BCUT2D eigenvalue weighted by Crippen LogP contribution is 2.72. The molecule has 1 N–H and O–H groups in total. The summed E-state index contributed by atoms with van der Waals surface area (Å²) >= 11 is 0. The molecule has 3 aliphatic rings. The van der Waals surface area contributed by atoms with Crippen molar-refractivity contribution < 1.29 is 0 Å². The highest BCUT2D eigenvalue weighted by molar-refractivity contribution is 5.30. The van der Waals surface area contributed by atoms with E-state index >= 15 is 0 Å². The minimum atomic E-state index is 0.592. The van der Waals surface area contributed by atoms with Crippen LogP contribution in [0.4, 0.5) is 0 Å². The number of hydrogen-bond acceptors (Lipinski definition) is 1. The second-order valence-electron chi connectivity index (χ2n) is 7.65. The van der Waals surface area contributed by atoms with Crippen LogP contribution < -0.4 is 5.32 Å². The lowest BCUT2D eigenvalue weighted by atomic mass is 9.91. The van der Waals surface area contributed by atoms with Gasteiger partial charge in [0.2, 0.25) is 0 Å². The van der Waals surface area contributed by atoms with Crippen LogP contribution >= 0.6 is 0 Å². The molecule has 1 heteroatoms. The molecule has 3 fully saturated rings. The molecule has 108 valence electrons. The molecule has 3 saturated carbocycles. The average molecular weight is 269 g/mol. The summed E-state index contributed by atoms with van der Waals surface area (Å²) in [6.45, 7) is 4.54. The van der Waals surface area contributed by atoms with Crippen LogP contribution in [0.25, 0.3) is 0 Å². The minimum absolute atomic E-state index is 0.592. The summed E-state index contributed by atoms with van der Waals surface area (Å²) in [4.78, 5) is 0. The molecule has 2 bridgehead atoms. The summed E-state index contributed by atoms with van der Waals surface area (Å²) in [5.41, 5.74) is 2.97. The largest absolute Gasteiger partial charge is 0.313 e. The van der Waals surface area contributed by atoms with Gasteiger partial charge in [0.1, 0.15) is 0 Å². The number of rotatable bonds is 4. The lowest BCUT2D eigenvalue weighted by Crippen LogP contribution is -2.22. The third-order valence-electron chi connectivity index (χ3n) is 6.45. The molecule has 1 aromatic carbocycles. The van der Waals surface area contributed by atoms with Gasteiger partial charge in [-0.1, -0.05) is 38.1 Å². The molecule has 4 rings (SSSR count). The molecule has 5 atom stereocenters. The fraction of sp³-hybridized carbons (Fsp3) is 0.684. The van der Waals surface area contributed by atoms with Crippen molar-refractivity contribution in [3.8, 4) is 0 Å². The Bertz CT molecular complexity index is 473. The molecule has 1 aromatic rings. The first-order chi connectivity index (χ1) is 9.70. The molecule has 5 unspecified atom stereocenters. The summed E-state index contributed by atoms with van der Waals surface area (Å²) in [6, 6.07) is 9.99. The van der Waals surface area contributed by atoms with Crippen molar-refractivity contribution >= 4 is 0 Å². The van der Waals surface area contributed by atoms with Gasteiger partial charge in [-0.05, 0) is 72.9 Å². The molecule has 3 aliphatic carbocycles. The van der Waals surface area contributed by atoms with Crippen molar-refractivity contribution in [1.82, 2.24) is 5.32 Å². The van der Waals surface area contributed by atoms with Gasteiger partial charge in [-0.15, -0.1) is 0 Å². The van der Waals surface area contributed by atoms with E-state index in [0.29, 0.717) is 12.0 Å². The van der Waals surface area contributed by atoms with Gasteiger partial charge < -0.3 is 5.32 Å². The van der Waals surface area contributed by atoms with Crippen molar-refractivity contribution in [3.05, 3.63) is 35.4 Å². The fourth-order valence-electron chi connectivity index (χ4n) is 5.51. The molecule has 0 aliphatic heterocycles. The van der Waals surface area contributed by atoms with Crippen LogP contribution in [0.2, 0.25) is 0 Å². The quantitative estimate of drug-likeness (QED) is 0.856. The summed E-state index contributed by atoms with van der Waals surface area (Å²) in [5, 5.41) is 3.63. The van der Waals surface area contributed by atoms with Crippen molar-refractivity contribution in [1.29, 1.82) is 0 Å². The zero-order chi connectivity index (χ0) is 13.9. The minimum Gasteiger partial charge on any atom is -0.313 e. The van der Waals surface area contributed by atoms with Gasteiger partial charge in [-0.3, -0.25) is 0 Å². The zero-order valence-corrected chi connectivity index (χ0v) is 13.0. The highest BCUT2D eigenvalue weighted by Gasteiger charge is 2.66. The number of benzene rings is 1. The Hall–Kier alpha value is -0.820. The summed E-state index contributed by atoms with van der Waals surface area (Å²) in [6.07, 6.45) is 4.59. The van der Waals surface area contributed by atoms with E-state index in [-0.39, 0.29) is 0 Å². The van der Waals surface area contributed by atoms with E-state index in [0.717, 1.165) is 29.6 Å². The Morgan fingerprint density at radius 1 is 0.950 bits per heavy atom. The van der Waals surface area contributed by atoms with E-state index < -0.39 is 0 Å². The van der Waals surface area contributed by atoms with Gasteiger partial charge >= 0.3 is 0 Å². The van der Waals surface area contributed by atoms with Gasteiger partial charge in [0.15, 0.2) is 0 Å². The highest BCUT2D eigenvalue weighted by atomic mass is 14.9. The van der Waals surface area contributed by atoms with E-state index in [4.69, 9.17) is 0 Å². The van der Waals surface area contributed by atoms with Crippen LogP contribution in [0.3, 0.4) is 0 Å². The van der Waals surface area contributed by atoms with Gasteiger partial charge in [0.05, 0.1) is 0 Å². The van der Waals surface area contributed by atoms with E-state index in [1.807, 2.05) is 0 Å². The average Bonchev–Trinajstić information content (AvgIpc) is 2.88. The third kappa shape index (κ3) is 1.79. The number of fused-ring (bicyclic) bond motifs is 5. The predicted octanol–water partition coefficient (Wildman–Crippen LogP) is 4.36. The molecule has 0 saturated heterocycles. The maximum atomic E-state index is 3.63. The van der Waals surface area contributed by atoms with Crippen LogP contribution in [0.15, 0.2) is 24.3 Å². The zero-order valence-electron chi connectivity index (χ0n) is 13.0. The molecule has 0 heterocycles. The van der Waals surface area contributed by atoms with Gasteiger partial charge in [-0.2, -0.15) is 0 Å². The van der Waals surface area contributed by atoms with E-state index in [9.17, 15) is 0 Å². The molecule has 0 aromatic heterocycles. The van der Waals surface area contributed by atoms with Gasteiger partial charge in [-0.25, -0.2) is 0 Å². The SMILES string of the molecule is CNC(c1ccc(C(C)C)cc1)C1C2C3CCC(C3)C21. The maximum Gasteiger partial charge on any atom is 0.0351 e. The topological polar surface area (TPSA) is 12.0 Å². The van der Waals surface area contributed by atoms with Crippen molar-refractivity contribution in [2.75, 3.05) is 7.05 Å². The number of hydrogen-bond donors (Lipinski definition) is 1. The van der Waals surface area contributed by atoms with Gasteiger partial charge in [0, 0.05) is 6.04 Å². The van der Waals surface area contributed by atoms with Crippen molar-refractivity contribution in [2.45, 2.75) is 45.1 Å². The second-order valence-corrected chi connectivity index (χ2v) is 7.65. The van der Waals surface area contributed by atoms with Crippen molar-refractivity contribution in [3.63, 3.8) is 0 Å². The van der Waals surface area contributed by atoms with E-state index in [1.165, 1.54) is 24.0 Å². The standard InChI is InChI=1S/C19H27N/c1-11(2)12-4-6-13(7-5-12)19(20-3)18-16-14-8-9-15(10-14)17(16)18/h4-7,11,14-20H,8-10H2,1-3H3. The van der Waals surface area contributed by atoms with E-state index in [2.05, 4.69) is 50.5 Å². The Kier molecular flexibility index (Phi) is 2.96. The fourth-order valence-corrected chi connectivity index (χ4v) is 5.51. The maximum absolute atomic E-state index is 3.63. The molecule has 20 heavy (non-hydrogen) atoms. The molecular formula is C19H27N. The van der Waals surface area contributed by atoms with Crippen LogP contribution in [0, 0.1) is 29.6 Å². The molecule has 0 spiro atoms. The monoisotopic (exact) mass is 269 g/mol. The first-order valence-corrected chi connectivity index (χ1v) is 8.48. The lowest BCUT2D eigenvalue weighted by Gasteiger charge is -2.21.